The molecule has 2 N–H and O–H groups in total. The summed E-state index contributed by atoms with van der Waals surface area (Å²) in [6.45, 7) is 3.27. The van der Waals surface area contributed by atoms with Crippen LogP contribution >= 0.6 is 0 Å². The number of benzene rings is 1. The molecule has 0 bridgehead atoms. The molecule has 0 saturated carbocycles. The van der Waals surface area contributed by atoms with Crippen LogP contribution in [0.3, 0.4) is 0 Å². The minimum Gasteiger partial charge on any atom is -0.366 e. The molecule has 1 rings (SSSR count). The molecular weight excluding hydrogens is 190 g/mol. The molecule has 1 amide bonds. The van der Waals surface area contributed by atoms with Crippen molar-refractivity contribution >= 4 is 17.8 Å². The molecule has 3 heteroatoms. The first kappa shape index (κ1) is 11.2. The number of nitrogens with two attached hydrogens (primary N) is 1. The highest BCUT2D eigenvalue weighted by Crippen LogP contribution is 2.09. The van der Waals surface area contributed by atoms with Crippen LogP contribution < -0.4 is 5.73 Å². The monoisotopic (exact) mass is 203 g/mol. The van der Waals surface area contributed by atoms with Gasteiger partial charge in [0, 0.05) is 5.56 Å². The molecule has 0 saturated heterocycles. The Bertz CT molecular complexity index is 416. The predicted molar refractivity (Wildman–Crippen MR) is 59.3 cm³/mol. The van der Waals surface area contributed by atoms with Crippen molar-refractivity contribution in [2.24, 2.45) is 5.73 Å². The van der Waals surface area contributed by atoms with Gasteiger partial charge < -0.3 is 5.73 Å². The number of rotatable bonds is 3. The van der Waals surface area contributed by atoms with E-state index in [0.29, 0.717) is 11.1 Å². The van der Waals surface area contributed by atoms with Gasteiger partial charge in [0.1, 0.15) is 0 Å². The third kappa shape index (κ3) is 3.06. The lowest BCUT2D eigenvalue weighted by Gasteiger charge is -1.98. The number of carbonyl (C=O) groups excluding carboxylic acids is 2. The number of Topliss-reactive ketones (excluding diaryl/α,β-unsaturated/α-hetero) is 1. The van der Waals surface area contributed by atoms with Gasteiger partial charge in [-0.3, -0.25) is 9.59 Å². The fourth-order valence-electron chi connectivity index (χ4n) is 1.10. The summed E-state index contributed by atoms with van der Waals surface area (Å²) in [5.74, 6) is -0.414. The van der Waals surface area contributed by atoms with Crippen LogP contribution in [0.5, 0.6) is 0 Å². The van der Waals surface area contributed by atoms with Crippen molar-refractivity contribution in [3.05, 3.63) is 41.0 Å². The van der Waals surface area contributed by atoms with Gasteiger partial charge in [0.15, 0.2) is 5.78 Å². The molecule has 0 aliphatic rings. The zero-order valence-electron chi connectivity index (χ0n) is 8.78. The van der Waals surface area contributed by atoms with Gasteiger partial charge in [-0.2, -0.15) is 0 Å². The second-order valence-electron chi connectivity index (χ2n) is 3.37. The molecule has 0 aliphatic heterocycles. The maximum atomic E-state index is 11.0. The molecular formula is C12H13NO2. The lowest BCUT2D eigenvalue weighted by atomic mass is 10.1. The van der Waals surface area contributed by atoms with E-state index in [-0.39, 0.29) is 5.78 Å². The van der Waals surface area contributed by atoms with Gasteiger partial charge in [0.05, 0.1) is 0 Å². The minimum atomic E-state index is -0.450. The molecule has 15 heavy (non-hydrogen) atoms. The van der Waals surface area contributed by atoms with E-state index in [1.165, 1.54) is 6.92 Å². The Morgan fingerprint density at radius 2 is 1.67 bits per heavy atom. The summed E-state index contributed by atoms with van der Waals surface area (Å²) >= 11 is 0. The standard InChI is InChI=1S/C12H13NO2/c1-8(9(2)14)7-10-3-5-11(6-4-10)12(13)15/h3-7H,1-2H3,(H2,13,15)/b8-7+. The average molecular weight is 203 g/mol. The van der Waals surface area contributed by atoms with Crippen LogP contribution in [-0.4, -0.2) is 11.7 Å². The molecule has 0 atom stereocenters. The van der Waals surface area contributed by atoms with Gasteiger partial charge in [0.25, 0.3) is 0 Å². The van der Waals surface area contributed by atoms with E-state index < -0.39 is 5.91 Å². The fraction of sp³-hybridized carbons (Fsp3) is 0.167. The van der Waals surface area contributed by atoms with Crippen molar-refractivity contribution in [2.45, 2.75) is 13.8 Å². The summed E-state index contributed by atoms with van der Waals surface area (Å²) in [7, 11) is 0. The number of amides is 1. The Hall–Kier alpha value is -1.90. The Morgan fingerprint density at radius 1 is 1.13 bits per heavy atom. The summed E-state index contributed by atoms with van der Waals surface area (Å²) in [6.07, 6.45) is 1.77. The van der Waals surface area contributed by atoms with E-state index in [9.17, 15) is 9.59 Å². The van der Waals surface area contributed by atoms with Crippen LogP contribution in [0.25, 0.3) is 6.08 Å². The first-order valence-corrected chi connectivity index (χ1v) is 4.60. The van der Waals surface area contributed by atoms with Gasteiger partial charge in [-0.05, 0) is 43.2 Å². The third-order valence-electron chi connectivity index (χ3n) is 2.13. The van der Waals surface area contributed by atoms with Crippen molar-refractivity contribution in [2.75, 3.05) is 0 Å². The van der Waals surface area contributed by atoms with Crippen molar-refractivity contribution in [1.82, 2.24) is 0 Å². The predicted octanol–water partition coefficient (Wildman–Crippen LogP) is 1.78. The Morgan fingerprint density at radius 3 is 2.07 bits per heavy atom. The maximum Gasteiger partial charge on any atom is 0.248 e. The SMILES string of the molecule is CC(=O)/C(C)=C/c1ccc(C(N)=O)cc1. The Kier molecular flexibility index (Phi) is 3.39. The number of hydrogen-bond donors (Lipinski definition) is 1. The summed E-state index contributed by atoms with van der Waals surface area (Å²) in [5.41, 5.74) is 7.13. The number of ketones is 1. The number of primary amides is 1. The average Bonchev–Trinajstić information content (AvgIpc) is 2.18. The van der Waals surface area contributed by atoms with Gasteiger partial charge in [0.2, 0.25) is 5.91 Å². The van der Waals surface area contributed by atoms with Crippen LogP contribution in [0.15, 0.2) is 29.8 Å². The van der Waals surface area contributed by atoms with Crippen molar-refractivity contribution in [3.8, 4) is 0 Å². The quantitative estimate of drug-likeness (QED) is 0.761. The van der Waals surface area contributed by atoms with Crippen LogP contribution in [0.4, 0.5) is 0 Å². The lowest BCUT2D eigenvalue weighted by Crippen LogP contribution is -2.10. The summed E-state index contributed by atoms with van der Waals surface area (Å²) in [5, 5.41) is 0. The molecule has 0 radical (unpaired) electrons. The highest BCUT2D eigenvalue weighted by Gasteiger charge is 2.00. The van der Waals surface area contributed by atoms with E-state index in [0.717, 1.165) is 5.56 Å². The van der Waals surface area contributed by atoms with Gasteiger partial charge in [-0.25, -0.2) is 0 Å². The smallest absolute Gasteiger partial charge is 0.248 e. The minimum absolute atomic E-state index is 0.0361. The first-order valence-electron chi connectivity index (χ1n) is 4.60. The molecule has 0 aliphatic carbocycles. The fourth-order valence-corrected chi connectivity index (χ4v) is 1.10. The number of carbonyl (C=O) groups is 2. The van der Waals surface area contributed by atoms with E-state index >= 15 is 0 Å². The van der Waals surface area contributed by atoms with Gasteiger partial charge in [-0.1, -0.05) is 12.1 Å². The molecule has 0 aromatic heterocycles. The largest absolute Gasteiger partial charge is 0.366 e. The van der Waals surface area contributed by atoms with Crippen LogP contribution in [0, 0.1) is 0 Å². The normalized spacial score (nSPS) is 11.2. The van der Waals surface area contributed by atoms with E-state index in [4.69, 9.17) is 5.73 Å². The van der Waals surface area contributed by atoms with Gasteiger partial charge >= 0.3 is 0 Å². The lowest BCUT2D eigenvalue weighted by molar-refractivity contribution is -0.113. The zero-order valence-corrected chi connectivity index (χ0v) is 8.78. The van der Waals surface area contributed by atoms with E-state index in [2.05, 4.69) is 0 Å². The topological polar surface area (TPSA) is 60.2 Å². The van der Waals surface area contributed by atoms with Gasteiger partial charge in [-0.15, -0.1) is 0 Å². The molecule has 0 fully saturated rings. The summed E-state index contributed by atoms with van der Waals surface area (Å²) < 4.78 is 0. The third-order valence-corrected chi connectivity index (χ3v) is 2.13. The highest BCUT2D eigenvalue weighted by molar-refractivity contribution is 5.97. The second-order valence-corrected chi connectivity index (χ2v) is 3.37. The Labute approximate surface area is 88.6 Å². The molecule has 0 spiro atoms. The molecule has 3 nitrogen and oxygen atoms in total. The highest BCUT2D eigenvalue weighted by atomic mass is 16.1. The van der Waals surface area contributed by atoms with Crippen LogP contribution in [0.2, 0.25) is 0 Å². The summed E-state index contributed by atoms with van der Waals surface area (Å²) in [4.78, 5) is 21.8. The van der Waals surface area contributed by atoms with Crippen LogP contribution in [-0.2, 0) is 4.79 Å². The van der Waals surface area contributed by atoms with E-state index in [1.54, 1.807) is 37.3 Å². The maximum absolute atomic E-state index is 11.0. The summed E-state index contributed by atoms with van der Waals surface area (Å²) in [6, 6.07) is 6.79. The molecule has 1 aromatic carbocycles. The first-order chi connectivity index (χ1) is 7.00. The van der Waals surface area contributed by atoms with E-state index in [1.807, 2.05) is 0 Å². The molecule has 0 unspecified atom stereocenters. The van der Waals surface area contributed by atoms with Crippen molar-refractivity contribution in [1.29, 1.82) is 0 Å². The number of hydrogen-bond acceptors (Lipinski definition) is 2. The molecule has 78 valence electrons. The second kappa shape index (κ2) is 4.55. The van der Waals surface area contributed by atoms with Crippen molar-refractivity contribution < 1.29 is 9.59 Å². The van der Waals surface area contributed by atoms with Crippen LogP contribution in [0.1, 0.15) is 29.8 Å². The van der Waals surface area contributed by atoms with Crippen molar-refractivity contribution in [3.63, 3.8) is 0 Å². The number of allylic oxidation sites excluding steroid dienone is 1. The Balaban J connectivity index is 2.95. The molecule has 0 heterocycles. The molecule has 1 aromatic rings. The zero-order chi connectivity index (χ0) is 11.4.